The monoisotopic (exact) mass is 406 g/mol. The zero-order chi connectivity index (χ0) is 20.7. The molecule has 0 saturated carbocycles. The van der Waals surface area contributed by atoms with Gasteiger partial charge in [-0.3, -0.25) is 4.79 Å². The number of hydrogen-bond donors (Lipinski definition) is 1. The van der Waals surface area contributed by atoms with E-state index in [1.165, 1.54) is 18.9 Å². The molecule has 1 amide bonds. The second kappa shape index (κ2) is 10.1. The molecule has 28 heavy (non-hydrogen) atoms. The zero-order valence-electron chi connectivity index (χ0n) is 16.8. The molecule has 0 aliphatic carbocycles. The van der Waals surface area contributed by atoms with E-state index in [0.29, 0.717) is 16.7 Å². The van der Waals surface area contributed by atoms with E-state index in [0.717, 1.165) is 12.0 Å². The zero-order valence-corrected chi connectivity index (χ0v) is 17.6. The Kier molecular flexibility index (Phi) is 7.86. The molecule has 1 aromatic carbocycles. The Hall–Kier alpha value is -2.55. The van der Waals surface area contributed by atoms with Gasteiger partial charge in [-0.25, -0.2) is 4.79 Å². The van der Waals surface area contributed by atoms with Crippen LogP contribution >= 0.6 is 11.8 Å². The number of methoxy groups -OCH3 is 2. The van der Waals surface area contributed by atoms with Gasteiger partial charge in [-0.15, -0.1) is 10.2 Å². The van der Waals surface area contributed by atoms with E-state index >= 15 is 0 Å². The maximum Gasteiger partial charge on any atom is 0.328 e. The summed E-state index contributed by atoms with van der Waals surface area (Å²) in [6.07, 6.45) is 0.749. The van der Waals surface area contributed by atoms with E-state index in [-0.39, 0.29) is 17.6 Å². The third kappa shape index (κ3) is 5.03. The largest absolute Gasteiger partial charge is 0.496 e. The Balaban J connectivity index is 2.06. The number of hydrogen-bond acceptors (Lipinski definition) is 7. The molecule has 2 atom stereocenters. The molecule has 1 N–H and O–H groups in total. The first kappa shape index (κ1) is 21.7. The molecule has 152 valence electrons. The summed E-state index contributed by atoms with van der Waals surface area (Å²) in [4.78, 5) is 24.3. The van der Waals surface area contributed by atoms with Crippen molar-refractivity contribution in [3.63, 3.8) is 0 Å². The summed E-state index contributed by atoms with van der Waals surface area (Å²) in [6, 6.07) is 6.87. The molecule has 1 heterocycles. The molecule has 0 fully saturated rings. The fraction of sp³-hybridized carbons (Fsp3) is 0.474. The van der Waals surface area contributed by atoms with Crippen molar-refractivity contribution >= 4 is 23.6 Å². The van der Waals surface area contributed by atoms with Gasteiger partial charge in [0.15, 0.2) is 11.0 Å². The van der Waals surface area contributed by atoms with Gasteiger partial charge in [-0.2, -0.15) is 0 Å². The number of rotatable bonds is 9. The molecule has 2 rings (SSSR count). The summed E-state index contributed by atoms with van der Waals surface area (Å²) < 4.78 is 12.0. The summed E-state index contributed by atoms with van der Waals surface area (Å²) in [6.45, 7) is 3.86. The van der Waals surface area contributed by atoms with E-state index in [2.05, 4.69) is 15.5 Å². The Morgan fingerprint density at radius 1 is 1.25 bits per heavy atom. The Morgan fingerprint density at radius 3 is 2.61 bits per heavy atom. The third-order valence-electron chi connectivity index (χ3n) is 4.50. The summed E-state index contributed by atoms with van der Waals surface area (Å²) in [7, 11) is 4.75. The molecular weight excluding hydrogens is 380 g/mol. The number of carbonyl (C=O) groups excluding carboxylic acids is 2. The lowest BCUT2D eigenvalue weighted by Gasteiger charge is -2.21. The van der Waals surface area contributed by atoms with Crippen molar-refractivity contribution in [3.8, 4) is 17.1 Å². The van der Waals surface area contributed by atoms with Crippen LogP contribution in [0, 0.1) is 5.92 Å². The van der Waals surface area contributed by atoms with E-state index in [4.69, 9.17) is 9.47 Å². The topological polar surface area (TPSA) is 95.3 Å². The second-order valence-electron chi connectivity index (χ2n) is 6.31. The molecule has 8 nitrogen and oxygen atoms in total. The van der Waals surface area contributed by atoms with Crippen molar-refractivity contribution in [1.82, 2.24) is 20.1 Å². The van der Waals surface area contributed by atoms with Crippen LogP contribution in [0.3, 0.4) is 0 Å². The van der Waals surface area contributed by atoms with Crippen LogP contribution in [0.5, 0.6) is 5.75 Å². The number of carbonyl (C=O) groups is 2. The molecule has 0 saturated heterocycles. The Morgan fingerprint density at radius 2 is 1.96 bits per heavy atom. The van der Waals surface area contributed by atoms with Gasteiger partial charge < -0.3 is 19.4 Å². The van der Waals surface area contributed by atoms with Crippen molar-refractivity contribution in [2.24, 2.45) is 13.0 Å². The summed E-state index contributed by atoms with van der Waals surface area (Å²) in [5.41, 5.74) is 0.818. The SMILES string of the molecule is CC[C@H](C)[C@@H](NC(=O)CSc1nnc(-c2ccccc2OC)n1C)C(=O)OC. The van der Waals surface area contributed by atoms with Gasteiger partial charge in [-0.1, -0.05) is 44.2 Å². The Bertz CT molecular complexity index is 824. The first-order chi connectivity index (χ1) is 13.4. The molecule has 0 aliphatic rings. The van der Waals surface area contributed by atoms with E-state index < -0.39 is 12.0 Å². The lowest BCUT2D eigenvalue weighted by Crippen LogP contribution is -2.46. The summed E-state index contributed by atoms with van der Waals surface area (Å²) in [5, 5.41) is 11.7. The molecule has 1 aromatic heterocycles. The number of nitrogens with one attached hydrogen (secondary N) is 1. The van der Waals surface area contributed by atoms with Crippen molar-refractivity contribution in [2.75, 3.05) is 20.0 Å². The molecular formula is C19H26N4O4S. The van der Waals surface area contributed by atoms with Crippen LogP contribution in [0.15, 0.2) is 29.4 Å². The smallest absolute Gasteiger partial charge is 0.328 e. The van der Waals surface area contributed by atoms with E-state index in [1.807, 2.05) is 49.7 Å². The van der Waals surface area contributed by atoms with Crippen LogP contribution in [0.25, 0.3) is 11.4 Å². The number of esters is 1. The van der Waals surface area contributed by atoms with Crippen LogP contribution in [0.4, 0.5) is 0 Å². The molecule has 0 radical (unpaired) electrons. The number of benzene rings is 1. The van der Waals surface area contributed by atoms with Crippen LogP contribution in [-0.2, 0) is 21.4 Å². The van der Waals surface area contributed by atoms with Crippen molar-refractivity contribution < 1.29 is 19.1 Å². The highest BCUT2D eigenvalue weighted by Crippen LogP contribution is 2.29. The predicted octanol–water partition coefficient (Wildman–Crippen LogP) is 2.29. The molecule has 9 heteroatoms. The number of thioether (sulfide) groups is 1. The van der Waals surface area contributed by atoms with Gasteiger partial charge in [0, 0.05) is 7.05 Å². The normalized spacial score (nSPS) is 12.9. The van der Waals surface area contributed by atoms with Gasteiger partial charge in [0.25, 0.3) is 0 Å². The van der Waals surface area contributed by atoms with Crippen molar-refractivity contribution in [1.29, 1.82) is 0 Å². The van der Waals surface area contributed by atoms with E-state index in [1.54, 1.807) is 7.11 Å². The first-order valence-corrected chi connectivity index (χ1v) is 9.94. The highest BCUT2D eigenvalue weighted by molar-refractivity contribution is 7.99. The van der Waals surface area contributed by atoms with Crippen LogP contribution in [0.2, 0.25) is 0 Å². The minimum absolute atomic E-state index is 0.0200. The van der Waals surface area contributed by atoms with Gasteiger partial charge in [-0.05, 0) is 18.1 Å². The average Bonchev–Trinajstić information content (AvgIpc) is 3.09. The quantitative estimate of drug-likeness (QED) is 0.504. The lowest BCUT2D eigenvalue weighted by atomic mass is 9.99. The molecule has 0 spiro atoms. The highest BCUT2D eigenvalue weighted by Gasteiger charge is 2.26. The number of amides is 1. The summed E-state index contributed by atoms with van der Waals surface area (Å²) in [5.74, 6) is 0.733. The van der Waals surface area contributed by atoms with Gasteiger partial charge in [0.1, 0.15) is 11.8 Å². The number of ether oxygens (including phenoxy) is 2. The van der Waals surface area contributed by atoms with Crippen molar-refractivity contribution in [2.45, 2.75) is 31.5 Å². The molecule has 2 aromatic rings. The van der Waals surface area contributed by atoms with Crippen LogP contribution < -0.4 is 10.1 Å². The van der Waals surface area contributed by atoms with Crippen molar-refractivity contribution in [3.05, 3.63) is 24.3 Å². The molecule has 0 unspecified atom stereocenters. The van der Waals surface area contributed by atoms with Gasteiger partial charge in [0.2, 0.25) is 5.91 Å². The minimum Gasteiger partial charge on any atom is -0.496 e. The minimum atomic E-state index is -0.660. The van der Waals surface area contributed by atoms with Gasteiger partial charge >= 0.3 is 5.97 Å². The highest BCUT2D eigenvalue weighted by atomic mass is 32.2. The molecule has 0 aliphatic heterocycles. The predicted molar refractivity (Wildman–Crippen MR) is 107 cm³/mol. The Labute approximate surface area is 169 Å². The molecule has 0 bridgehead atoms. The van der Waals surface area contributed by atoms with Gasteiger partial charge in [0.05, 0.1) is 25.5 Å². The van der Waals surface area contributed by atoms with E-state index in [9.17, 15) is 9.59 Å². The average molecular weight is 407 g/mol. The van der Waals surface area contributed by atoms with Crippen LogP contribution in [0.1, 0.15) is 20.3 Å². The second-order valence-corrected chi connectivity index (χ2v) is 7.25. The van der Waals surface area contributed by atoms with Crippen LogP contribution in [-0.4, -0.2) is 52.7 Å². The first-order valence-electron chi connectivity index (χ1n) is 8.95. The maximum atomic E-state index is 12.3. The lowest BCUT2D eigenvalue weighted by molar-refractivity contribution is -0.146. The maximum absolute atomic E-state index is 12.3. The number of aromatic nitrogens is 3. The number of nitrogens with zero attached hydrogens (tertiary/aromatic N) is 3. The fourth-order valence-corrected chi connectivity index (χ4v) is 3.37. The standard InChI is InChI=1S/C19H26N4O4S/c1-6-12(2)16(18(25)27-5)20-15(24)11-28-19-22-21-17(23(19)3)13-9-7-8-10-14(13)26-4/h7-10,12,16H,6,11H2,1-5H3,(H,20,24)/t12-,16+/m0/s1. The third-order valence-corrected chi connectivity index (χ3v) is 5.52. The fourth-order valence-electron chi connectivity index (χ4n) is 2.65. The number of para-hydroxylation sites is 1. The summed E-state index contributed by atoms with van der Waals surface area (Å²) >= 11 is 1.25.